The SMILES string of the molecule is Cc1ccccc1C(=O)N1CC2(CCN(c3cnc4cnn(CC(F)F)c4n3)C2)C1. The number of rotatable bonds is 4. The topological polar surface area (TPSA) is 67.2 Å². The predicted octanol–water partition coefficient (Wildman–Crippen LogP) is 2.75. The summed E-state index contributed by atoms with van der Waals surface area (Å²) in [7, 11) is 0. The number of aryl methyl sites for hydroxylation is 1. The van der Waals surface area contributed by atoms with Gasteiger partial charge in [-0.1, -0.05) is 18.2 Å². The number of anilines is 1. The normalized spacial score (nSPS) is 17.9. The van der Waals surface area contributed by atoms with Crippen molar-refractivity contribution in [3.05, 3.63) is 47.8 Å². The fourth-order valence-corrected chi connectivity index (χ4v) is 4.54. The van der Waals surface area contributed by atoms with Gasteiger partial charge in [-0.15, -0.1) is 0 Å². The van der Waals surface area contributed by atoms with E-state index in [0.29, 0.717) is 17.0 Å². The van der Waals surface area contributed by atoms with Crippen LogP contribution in [0.2, 0.25) is 0 Å². The number of fused-ring (bicyclic) bond motifs is 1. The van der Waals surface area contributed by atoms with E-state index in [2.05, 4.69) is 20.0 Å². The molecule has 0 N–H and O–H groups in total. The molecule has 5 rings (SSSR count). The van der Waals surface area contributed by atoms with E-state index in [1.165, 1.54) is 10.9 Å². The molecule has 4 heterocycles. The van der Waals surface area contributed by atoms with E-state index in [1.807, 2.05) is 36.1 Å². The lowest BCUT2D eigenvalue weighted by Crippen LogP contribution is -2.59. The second-order valence-corrected chi connectivity index (χ2v) is 8.30. The van der Waals surface area contributed by atoms with E-state index in [-0.39, 0.29) is 11.3 Å². The van der Waals surface area contributed by atoms with Gasteiger partial charge in [0.25, 0.3) is 12.3 Å². The number of likely N-dealkylation sites (tertiary alicyclic amines) is 1. The van der Waals surface area contributed by atoms with Gasteiger partial charge in [0.1, 0.15) is 17.9 Å². The number of carbonyl (C=O) groups excluding carboxylic acids is 1. The van der Waals surface area contributed by atoms with Crippen LogP contribution in [0.15, 0.2) is 36.7 Å². The maximum atomic E-state index is 12.8. The van der Waals surface area contributed by atoms with Crippen molar-refractivity contribution in [1.29, 1.82) is 0 Å². The molecule has 0 bridgehead atoms. The van der Waals surface area contributed by atoms with Crippen LogP contribution >= 0.6 is 0 Å². The third-order valence-corrected chi connectivity index (χ3v) is 6.12. The van der Waals surface area contributed by atoms with Crippen molar-refractivity contribution < 1.29 is 13.6 Å². The van der Waals surface area contributed by atoms with Gasteiger partial charge in [0.15, 0.2) is 5.65 Å². The maximum absolute atomic E-state index is 12.8. The lowest BCUT2D eigenvalue weighted by atomic mass is 9.78. The van der Waals surface area contributed by atoms with Gasteiger partial charge in [-0.3, -0.25) is 4.79 Å². The molecule has 0 radical (unpaired) electrons. The minimum absolute atomic E-state index is 0.0538. The number of benzene rings is 1. The van der Waals surface area contributed by atoms with Gasteiger partial charge in [0.2, 0.25) is 0 Å². The average Bonchev–Trinajstić information content (AvgIpc) is 3.31. The largest absolute Gasteiger partial charge is 0.355 e. The van der Waals surface area contributed by atoms with Gasteiger partial charge in [-0.05, 0) is 25.0 Å². The molecular weight excluding hydrogens is 390 g/mol. The molecule has 0 unspecified atom stereocenters. The monoisotopic (exact) mass is 412 g/mol. The Labute approximate surface area is 172 Å². The summed E-state index contributed by atoms with van der Waals surface area (Å²) < 4.78 is 26.8. The van der Waals surface area contributed by atoms with Gasteiger partial charge < -0.3 is 9.80 Å². The molecular formula is C21H22F2N6O. The fourth-order valence-electron chi connectivity index (χ4n) is 4.54. The Kier molecular flexibility index (Phi) is 4.41. The molecule has 9 heteroatoms. The van der Waals surface area contributed by atoms with Gasteiger partial charge >= 0.3 is 0 Å². The Bertz CT molecular complexity index is 1110. The first-order chi connectivity index (χ1) is 14.4. The number of alkyl halides is 2. The zero-order valence-electron chi connectivity index (χ0n) is 16.6. The first-order valence-electron chi connectivity index (χ1n) is 10.0. The fraction of sp³-hybridized carbons (Fsp3) is 0.429. The quantitative estimate of drug-likeness (QED) is 0.659. The zero-order chi connectivity index (χ0) is 20.9. The summed E-state index contributed by atoms with van der Waals surface area (Å²) in [4.78, 5) is 25.7. The molecule has 2 fully saturated rings. The maximum Gasteiger partial charge on any atom is 0.258 e. The smallest absolute Gasteiger partial charge is 0.258 e. The third-order valence-electron chi connectivity index (χ3n) is 6.12. The Morgan fingerprint density at radius 3 is 2.77 bits per heavy atom. The van der Waals surface area contributed by atoms with Gasteiger partial charge in [0, 0.05) is 37.2 Å². The molecule has 2 aliphatic rings. The Morgan fingerprint density at radius 1 is 1.20 bits per heavy atom. The minimum atomic E-state index is -2.50. The minimum Gasteiger partial charge on any atom is -0.355 e. The molecule has 7 nitrogen and oxygen atoms in total. The molecule has 0 atom stereocenters. The highest BCUT2D eigenvalue weighted by atomic mass is 19.3. The summed E-state index contributed by atoms with van der Waals surface area (Å²) >= 11 is 0. The standard InChI is InChI=1S/C21H22F2N6O/c1-14-4-2-3-5-15(14)20(30)28-12-21(13-28)6-7-27(11-21)18-9-24-16-8-25-29(10-17(22)23)19(16)26-18/h2-5,8-9,17H,6-7,10-13H2,1H3. The molecule has 2 aliphatic heterocycles. The highest BCUT2D eigenvalue weighted by Gasteiger charge is 2.49. The van der Waals surface area contributed by atoms with Crippen LogP contribution in [-0.2, 0) is 6.54 Å². The number of nitrogens with zero attached hydrogens (tertiary/aromatic N) is 6. The first-order valence-corrected chi connectivity index (χ1v) is 10.0. The zero-order valence-corrected chi connectivity index (χ0v) is 16.6. The molecule has 1 spiro atoms. The Morgan fingerprint density at radius 2 is 2.00 bits per heavy atom. The predicted molar refractivity (Wildman–Crippen MR) is 108 cm³/mol. The number of aromatic nitrogens is 4. The van der Waals surface area contributed by atoms with Crippen LogP contribution in [0.3, 0.4) is 0 Å². The van der Waals surface area contributed by atoms with Crippen molar-refractivity contribution in [2.75, 3.05) is 31.1 Å². The van der Waals surface area contributed by atoms with E-state index in [0.717, 1.165) is 43.7 Å². The van der Waals surface area contributed by atoms with E-state index in [4.69, 9.17) is 0 Å². The van der Waals surface area contributed by atoms with Crippen molar-refractivity contribution in [3.63, 3.8) is 0 Å². The second kappa shape index (κ2) is 7.00. The van der Waals surface area contributed by atoms with Crippen LogP contribution in [-0.4, -0.2) is 63.2 Å². The molecule has 1 amide bonds. The summed E-state index contributed by atoms with van der Waals surface area (Å²) in [5.74, 6) is 0.744. The summed E-state index contributed by atoms with van der Waals surface area (Å²) in [6.45, 7) is 4.46. The van der Waals surface area contributed by atoms with E-state index in [1.54, 1.807) is 6.20 Å². The highest BCUT2D eigenvalue weighted by molar-refractivity contribution is 5.96. The van der Waals surface area contributed by atoms with Crippen LogP contribution in [0.1, 0.15) is 22.3 Å². The van der Waals surface area contributed by atoms with Gasteiger partial charge in [0.05, 0.1) is 12.4 Å². The van der Waals surface area contributed by atoms with Crippen molar-refractivity contribution in [2.45, 2.75) is 26.3 Å². The number of halogens is 2. The van der Waals surface area contributed by atoms with E-state index in [9.17, 15) is 13.6 Å². The van der Waals surface area contributed by atoms with Crippen molar-refractivity contribution in [2.24, 2.45) is 5.41 Å². The van der Waals surface area contributed by atoms with Crippen molar-refractivity contribution in [3.8, 4) is 0 Å². The van der Waals surface area contributed by atoms with Crippen LogP contribution in [0.4, 0.5) is 14.6 Å². The molecule has 2 aromatic heterocycles. The summed E-state index contributed by atoms with van der Waals surface area (Å²) in [6, 6.07) is 7.65. The second-order valence-electron chi connectivity index (χ2n) is 8.30. The van der Waals surface area contributed by atoms with Crippen LogP contribution in [0.5, 0.6) is 0 Å². The number of hydrogen-bond donors (Lipinski definition) is 0. The van der Waals surface area contributed by atoms with Gasteiger partial charge in [-0.2, -0.15) is 5.10 Å². The number of hydrogen-bond acceptors (Lipinski definition) is 5. The van der Waals surface area contributed by atoms with E-state index < -0.39 is 13.0 Å². The third kappa shape index (κ3) is 3.18. The molecule has 2 saturated heterocycles. The number of amides is 1. The lowest BCUT2D eigenvalue weighted by Gasteiger charge is -2.48. The molecule has 30 heavy (non-hydrogen) atoms. The van der Waals surface area contributed by atoms with Crippen LogP contribution in [0, 0.1) is 12.3 Å². The Balaban J connectivity index is 1.29. The highest BCUT2D eigenvalue weighted by Crippen LogP contribution is 2.41. The number of carbonyl (C=O) groups is 1. The lowest BCUT2D eigenvalue weighted by molar-refractivity contribution is 0.0166. The van der Waals surface area contributed by atoms with Crippen molar-refractivity contribution >= 4 is 22.9 Å². The molecule has 0 aliphatic carbocycles. The van der Waals surface area contributed by atoms with Crippen molar-refractivity contribution in [1.82, 2.24) is 24.6 Å². The first kappa shape index (κ1) is 18.9. The van der Waals surface area contributed by atoms with Crippen LogP contribution in [0.25, 0.3) is 11.2 Å². The average molecular weight is 412 g/mol. The van der Waals surface area contributed by atoms with E-state index >= 15 is 0 Å². The summed E-state index contributed by atoms with van der Waals surface area (Å²) in [6.07, 6.45) is 1.59. The summed E-state index contributed by atoms with van der Waals surface area (Å²) in [5.41, 5.74) is 2.68. The molecule has 1 aromatic carbocycles. The molecule has 3 aromatic rings. The van der Waals surface area contributed by atoms with Crippen LogP contribution < -0.4 is 4.90 Å². The molecule has 0 saturated carbocycles. The van der Waals surface area contributed by atoms with Gasteiger partial charge in [-0.25, -0.2) is 23.4 Å². The summed E-state index contributed by atoms with van der Waals surface area (Å²) in [5, 5.41) is 3.97. The Hall–Kier alpha value is -3.10. The molecule has 156 valence electrons.